The lowest BCUT2D eigenvalue weighted by atomic mass is 9.83. The van der Waals surface area contributed by atoms with E-state index in [0.29, 0.717) is 17.4 Å². The van der Waals surface area contributed by atoms with Gasteiger partial charge in [0, 0.05) is 5.92 Å². The molecule has 0 atom stereocenters. The largest absolute Gasteiger partial charge is 0.508 e. The van der Waals surface area contributed by atoms with Crippen molar-refractivity contribution in [2.45, 2.75) is 40.0 Å². The van der Waals surface area contributed by atoms with Gasteiger partial charge in [0.25, 0.3) is 0 Å². The topological polar surface area (TPSA) is 40.5 Å². The molecule has 0 fully saturated rings. The number of aryl methyl sites for hydroxylation is 2. The van der Waals surface area contributed by atoms with Crippen molar-refractivity contribution in [1.82, 2.24) is 0 Å². The second kappa shape index (κ2) is 6.21. The van der Waals surface area contributed by atoms with Crippen LogP contribution < -0.4 is 0 Å². The number of rotatable bonds is 4. The first-order chi connectivity index (χ1) is 9.88. The van der Waals surface area contributed by atoms with Crippen molar-refractivity contribution in [1.29, 1.82) is 0 Å². The maximum atomic E-state index is 9.73. The molecule has 2 N–H and O–H groups in total. The molecule has 0 radical (unpaired) electrons. The lowest BCUT2D eigenvalue weighted by molar-refractivity contribution is 0.469. The summed E-state index contributed by atoms with van der Waals surface area (Å²) in [6.45, 7) is 8.28. The number of benzene rings is 2. The molecule has 2 heteroatoms. The molecule has 2 aromatic rings. The van der Waals surface area contributed by atoms with Crippen LogP contribution in [0.4, 0.5) is 0 Å². The van der Waals surface area contributed by atoms with Crippen LogP contribution in [0.1, 0.15) is 48.4 Å². The first kappa shape index (κ1) is 15.4. The summed E-state index contributed by atoms with van der Waals surface area (Å²) in [6, 6.07) is 11.7. The first-order valence-electron chi connectivity index (χ1n) is 7.47. The number of hydrogen-bond acceptors (Lipinski definition) is 2. The Morgan fingerprint density at radius 2 is 1.24 bits per heavy atom. The Labute approximate surface area is 127 Å². The van der Waals surface area contributed by atoms with Crippen LogP contribution in [0.2, 0.25) is 0 Å². The fraction of sp³-hybridized carbons (Fsp3) is 0.368. The number of phenolic OH excluding ortho intramolecular Hbond substituents is 2. The van der Waals surface area contributed by atoms with Crippen molar-refractivity contribution < 1.29 is 10.2 Å². The molecule has 0 aliphatic heterocycles. The molecule has 0 aromatic heterocycles. The molecule has 0 unspecified atom stereocenters. The molecule has 0 bridgehead atoms. The predicted molar refractivity (Wildman–Crippen MR) is 87.0 cm³/mol. The van der Waals surface area contributed by atoms with Crippen molar-refractivity contribution in [2.24, 2.45) is 5.92 Å². The smallest absolute Gasteiger partial charge is 0.118 e. The van der Waals surface area contributed by atoms with E-state index in [2.05, 4.69) is 26.0 Å². The quantitative estimate of drug-likeness (QED) is 0.839. The first-order valence-corrected chi connectivity index (χ1v) is 7.47. The molecule has 0 saturated carbocycles. The molecule has 0 spiro atoms. The summed E-state index contributed by atoms with van der Waals surface area (Å²) in [6.07, 6.45) is 1.04. The van der Waals surface area contributed by atoms with Gasteiger partial charge in [-0.05, 0) is 60.6 Å². The summed E-state index contributed by atoms with van der Waals surface area (Å²) in [5.41, 5.74) is 4.22. The van der Waals surface area contributed by atoms with E-state index in [1.807, 2.05) is 26.0 Å². The van der Waals surface area contributed by atoms with Crippen LogP contribution in [0.15, 0.2) is 36.4 Å². The molecule has 21 heavy (non-hydrogen) atoms. The Morgan fingerprint density at radius 1 is 0.810 bits per heavy atom. The molecule has 0 amide bonds. The average Bonchev–Trinajstić information content (AvgIpc) is 2.42. The Bertz CT molecular complexity index is 578. The zero-order valence-corrected chi connectivity index (χ0v) is 13.2. The van der Waals surface area contributed by atoms with Gasteiger partial charge in [0.1, 0.15) is 11.5 Å². The van der Waals surface area contributed by atoms with Crippen molar-refractivity contribution in [3.05, 3.63) is 58.7 Å². The molecule has 0 aliphatic carbocycles. The van der Waals surface area contributed by atoms with Gasteiger partial charge in [-0.15, -0.1) is 0 Å². The van der Waals surface area contributed by atoms with Crippen LogP contribution in [0, 0.1) is 19.8 Å². The summed E-state index contributed by atoms with van der Waals surface area (Å²) < 4.78 is 0. The second-order valence-electron chi connectivity index (χ2n) is 6.27. The summed E-state index contributed by atoms with van der Waals surface area (Å²) in [5, 5.41) is 19.5. The third-order valence-electron chi connectivity index (χ3n) is 3.95. The molecule has 0 saturated heterocycles. The third kappa shape index (κ3) is 3.57. The van der Waals surface area contributed by atoms with Gasteiger partial charge in [-0.2, -0.15) is 0 Å². The SMILES string of the molecule is Cc1cc(C(CC(C)C)c2ccc(O)c(C)c2)ccc1O. The van der Waals surface area contributed by atoms with Gasteiger partial charge >= 0.3 is 0 Å². The van der Waals surface area contributed by atoms with E-state index in [9.17, 15) is 10.2 Å². The minimum absolute atomic E-state index is 0.281. The zero-order valence-electron chi connectivity index (χ0n) is 13.2. The Hall–Kier alpha value is -1.96. The molecule has 2 nitrogen and oxygen atoms in total. The molecule has 2 aromatic carbocycles. The monoisotopic (exact) mass is 284 g/mol. The van der Waals surface area contributed by atoms with Crippen molar-refractivity contribution in [3.63, 3.8) is 0 Å². The van der Waals surface area contributed by atoms with E-state index in [1.54, 1.807) is 12.1 Å². The normalized spacial score (nSPS) is 11.3. The third-order valence-corrected chi connectivity index (χ3v) is 3.95. The Morgan fingerprint density at radius 3 is 1.57 bits per heavy atom. The lowest BCUT2D eigenvalue weighted by Crippen LogP contribution is -2.06. The molecule has 0 aliphatic rings. The van der Waals surface area contributed by atoms with Gasteiger partial charge in [0.2, 0.25) is 0 Å². The summed E-state index contributed by atoms with van der Waals surface area (Å²) in [7, 11) is 0. The standard InChI is InChI=1S/C19H24O2/c1-12(2)9-17(15-5-7-18(20)13(3)10-15)16-6-8-19(21)14(4)11-16/h5-8,10-12,17,20-21H,9H2,1-4H3. The minimum atomic E-state index is 0.281. The van der Waals surface area contributed by atoms with Gasteiger partial charge < -0.3 is 10.2 Å². The number of hydrogen-bond donors (Lipinski definition) is 2. The van der Waals surface area contributed by atoms with Crippen LogP contribution in [-0.4, -0.2) is 10.2 Å². The van der Waals surface area contributed by atoms with Gasteiger partial charge in [0.05, 0.1) is 0 Å². The summed E-state index contributed by atoms with van der Waals surface area (Å²) >= 11 is 0. The molecular weight excluding hydrogens is 260 g/mol. The highest BCUT2D eigenvalue weighted by Gasteiger charge is 2.17. The van der Waals surface area contributed by atoms with Crippen LogP contribution in [-0.2, 0) is 0 Å². The molecular formula is C19H24O2. The maximum Gasteiger partial charge on any atom is 0.118 e. The van der Waals surface area contributed by atoms with E-state index >= 15 is 0 Å². The van der Waals surface area contributed by atoms with Crippen molar-refractivity contribution in [3.8, 4) is 11.5 Å². The van der Waals surface area contributed by atoms with Gasteiger partial charge in [0.15, 0.2) is 0 Å². The van der Waals surface area contributed by atoms with E-state index in [1.165, 1.54) is 11.1 Å². The predicted octanol–water partition coefficient (Wildman–Crippen LogP) is 4.89. The molecule has 112 valence electrons. The average molecular weight is 284 g/mol. The van der Waals surface area contributed by atoms with Gasteiger partial charge in [-0.1, -0.05) is 38.1 Å². The number of aromatic hydroxyl groups is 2. The van der Waals surface area contributed by atoms with Gasteiger partial charge in [-0.25, -0.2) is 0 Å². The van der Waals surface area contributed by atoms with Crippen LogP contribution in [0.5, 0.6) is 11.5 Å². The Balaban J connectivity index is 2.46. The second-order valence-corrected chi connectivity index (χ2v) is 6.27. The van der Waals surface area contributed by atoms with Crippen molar-refractivity contribution >= 4 is 0 Å². The summed E-state index contributed by atoms with van der Waals surface area (Å²) in [4.78, 5) is 0. The van der Waals surface area contributed by atoms with Crippen LogP contribution in [0.25, 0.3) is 0 Å². The minimum Gasteiger partial charge on any atom is -0.508 e. The van der Waals surface area contributed by atoms with E-state index in [-0.39, 0.29) is 5.92 Å². The Kier molecular flexibility index (Phi) is 4.56. The molecule has 2 rings (SSSR count). The van der Waals surface area contributed by atoms with E-state index in [4.69, 9.17) is 0 Å². The fourth-order valence-electron chi connectivity index (χ4n) is 2.73. The molecule has 0 heterocycles. The lowest BCUT2D eigenvalue weighted by Gasteiger charge is -2.21. The summed E-state index contributed by atoms with van der Waals surface area (Å²) in [5.74, 6) is 1.52. The number of phenols is 2. The highest BCUT2D eigenvalue weighted by atomic mass is 16.3. The van der Waals surface area contributed by atoms with Crippen molar-refractivity contribution in [2.75, 3.05) is 0 Å². The van der Waals surface area contributed by atoms with Gasteiger partial charge in [-0.3, -0.25) is 0 Å². The van der Waals surface area contributed by atoms with E-state index in [0.717, 1.165) is 17.5 Å². The van der Waals surface area contributed by atoms with E-state index < -0.39 is 0 Å². The highest BCUT2D eigenvalue weighted by molar-refractivity contribution is 5.43. The maximum absolute atomic E-state index is 9.73. The zero-order chi connectivity index (χ0) is 15.6. The highest BCUT2D eigenvalue weighted by Crippen LogP contribution is 2.34. The van der Waals surface area contributed by atoms with Crippen LogP contribution in [0.3, 0.4) is 0 Å². The van der Waals surface area contributed by atoms with Crippen LogP contribution >= 0.6 is 0 Å². The fourth-order valence-corrected chi connectivity index (χ4v) is 2.73.